The standard InChI is InChI=1S/C14H11Cl2F2N3O2/c1-22-11-3-2-8(4-12(11)23-14(17)18)6-20-21-13-10(16)5-9(15)7-19-13/h2-7,14H,1H3,(H,19,21)/b20-6-. The lowest BCUT2D eigenvalue weighted by Gasteiger charge is -2.10. The largest absolute Gasteiger partial charge is 0.493 e. The molecule has 2 rings (SSSR count). The molecule has 1 heterocycles. The van der Waals surface area contributed by atoms with Crippen LogP contribution in [-0.4, -0.2) is 24.9 Å². The third kappa shape index (κ3) is 4.94. The Morgan fingerprint density at radius 3 is 2.70 bits per heavy atom. The number of aromatic nitrogens is 1. The van der Waals surface area contributed by atoms with Crippen molar-refractivity contribution < 1.29 is 18.3 Å². The van der Waals surface area contributed by atoms with Crippen molar-refractivity contribution in [3.05, 3.63) is 46.1 Å². The molecular formula is C14H11Cl2F2N3O2. The summed E-state index contributed by atoms with van der Waals surface area (Å²) in [6, 6.07) is 5.99. The van der Waals surface area contributed by atoms with Crippen LogP contribution in [0.1, 0.15) is 5.56 Å². The van der Waals surface area contributed by atoms with Gasteiger partial charge in [-0.25, -0.2) is 4.98 Å². The van der Waals surface area contributed by atoms with Crippen LogP contribution in [0.5, 0.6) is 11.5 Å². The van der Waals surface area contributed by atoms with Crippen LogP contribution in [0.25, 0.3) is 0 Å². The Kier molecular flexibility index (Phi) is 5.95. The van der Waals surface area contributed by atoms with E-state index >= 15 is 0 Å². The zero-order valence-electron chi connectivity index (χ0n) is 11.8. The Bertz CT molecular complexity index is 714. The van der Waals surface area contributed by atoms with Crippen LogP contribution in [0.4, 0.5) is 14.6 Å². The van der Waals surface area contributed by atoms with E-state index in [1.807, 2.05) is 0 Å². The average Bonchev–Trinajstić information content (AvgIpc) is 2.49. The minimum atomic E-state index is -2.95. The Hall–Kier alpha value is -2.12. The summed E-state index contributed by atoms with van der Waals surface area (Å²) in [6.07, 6.45) is 2.80. The van der Waals surface area contributed by atoms with Crippen LogP contribution in [-0.2, 0) is 0 Å². The zero-order valence-corrected chi connectivity index (χ0v) is 13.3. The van der Waals surface area contributed by atoms with E-state index in [9.17, 15) is 8.78 Å². The molecule has 122 valence electrons. The lowest BCUT2D eigenvalue weighted by Crippen LogP contribution is -2.04. The van der Waals surface area contributed by atoms with Crippen molar-refractivity contribution in [2.24, 2.45) is 5.10 Å². The molecule has 23 heavy (non-hydrogen) atoms. The summed E-state index contributed by atoms with van der Waals surface area (Å²) < 4.78 is 34.1. The monoisotopic (exact) mass is 361 g/mol. The zero-order chi connectivity index (χ0) is 16.8. The number of pyridine rings is 1. The van der Waals surface area contributed by atoms with Crippen molar-refractivity contribution in [2.75, 3.05) is 12.5 Å². The number of nitrogens with one attached hydrogen (secondary N) is 1. The molecule has 0 aliphatic carbocycles. The maximum absolute atomic E-state index is 12.4. The Morgan fingerprint density at radius 1 is 1.26 bits per heavy atom. The van der Waals surface area contributed by atoms with Crippen molar-refractivity contribution in [2.45, 2.75) is 6.61 Å². The molecule has 0 atom stereocenters. The highest BCUT2D eigenvalue weighted by molar-refractivity contribution is 6.35. The maximum Gasteiger partial charge on any atom is 0.387 e. The number of alkyl halides is 2. The molecule has 0 saturated heterocycles. The van der Waals surface area contributed by atoms with Gasteiger partial charge in [-0.2, -0.15) is 13.9 Å². The molecule has 0 saturated carbocycles. The van der Waals surface area contributed by atoms with Crippen LogP contribution < -0.4 is 14.9 Å². The Labute approximate surface area is 140 Å². The number of rotatable bonds is 6. The fourth-order valence-electron chi connectivity index (χ4n) is 1.63. The van der Waals surface area contributed by atoms with Gasteiger partial charge in [-0.3, -0.25) is 5.43 Å². The van der Waals surface area contributed by atoms with Gasteiger partial charge < -0.3 is 9.47 Å². The third-order valence-electron chi connectivity index (χ3n) is 2.60. The molecule has 9 heteroatoms. The predicted molar refractivity (Wildman–Crippen MR) is 85.1 cm³/mol. The van der Waals surface area contributed by atoms with Gasteiger partial charge in [0.2, 0.25) is 0 Å². The topological polar surface area (TPSA) is 55.7 Å². The number of ether oxygens (including phenoxy) is 2. The number of hydrazone groups is 1. The molecule has 0 spiro atoms. The summed E-state index contributed by atoms with van der Waals surface area (Å²) in [5, 5.41) is 4.62. The molecule has 0 bridgehead atoms. The predicted octanol–water partition coefficient (Wildman–Crippen LogP) is 4.44. The van der Waals surface area contributed by atoms with E-state index in [2.05, 4.69) is 20.2 Å². The minimum Gasteiger partial charge on any atom is -0.493 e. The second-order valence-electron chi connectivity index (χ2n) is 4.14. The number of methoxy groups -OCH3 is 1. The lowest BCUT2D eigenvalue weighted by molar-refractivity contribution is -0.0512. The van der Waals surface area contributed by atoms with Gasteiger partial charge in [-0.1, -0.05) is 23.2 Å². The normalized spacial score (nSPS) is 11.0. The van der Waals surface area contributed by atoms with Gasteiger partial charge in [0, 0.05) is 6.20 Å². The molecule has 1 aromatic carbocycles. The van der Waals surface area contributed by atoms with Crippen molar-refractivity contribution in [1.29, 1.82) is 0 Å². The highest BCUT2D eigenvalue weighted by Crippen LogP contribution is 2.29. The van der Waals surface area contributed by atoms with Gasteiger partial charge in [0.15, 0.2) is 17.3 Å². The molecule has 0 unspecified atom stereocenters. The smallest absolute Gasteiger partial charge is 0.387 e. The summed E-state index contributed by atoms with van der Waals surface area (Å²) in [6.45, 7) is -2.95. The van der Waals surface area contributed by atoms with Crippen LogP contribution in [0, 0.1) is 0 Å². The summed E-state index contributed by atoms with van der Waals surface area (Å²) in [5.74, 6) is 0.414. The number of hydrogen-bond acceptors (Lipinski definition) is 5. The van der Waals surface area contributed by atoms with Crippen LogP contribution in [0.2, 0.25) is 10.0 Å². The van der Waals surface area contributed by atoms with Gasteiger partial charge in [0.1, 0.15) is 0 Å². The van der Waals surface area contributed by atoms with Crippen LogP contribution >= 0.6 is 23.2 Å². The van der Waals surface area contributed by atoms with E-state index in [-0.39, 0.29) is 11.5 Å². The molecule has 0 amide bonds. The van der Waals surface area contributed by atoms with Crippen molar-refractivity contribution in [3.63, 3.8) is 0 Å². The first-order chi connectivity index (χ1) is 11.0. The first-order valence-electron chi connectivity index (χ1n) is 6.22. The molecule has 1 N–H and O–H groups in total. The molecule has 1 aromatic heterocycles. The van der Waals surface area contributed by atoms with Gasteiger partial charge in [0.25, 0.3) is 0 Å². The summed E-state index contributed by atoms with van der Waals surface area (Å²) in [5.41, 5.74) is 3.14. The SMILES string of the molecule is COc1ccc(/C=N\Nc2ncc(Cl)cc2Cl)cc1OC(F)F. The molecule has 2 aromatic rings. The average molecular weight is 362 g/mol. The van der Waals surface area contributed by atoms with Gasteiger partial charge in [0.05, 0.1) is 23.4 Å². The molecule has 0 radical (unpaired) electrons. The second kappa shape index (κ2) is 7.94. The number of anilines is 1. The summed E-state index contributed by atoms with van der Waals surface area (Å²) in [7, 11) is 1.36. The molecule has 0 fully saturated rings. The lowest BCUT2D eigenvalue weighted by atomic mass is 10.2. The highest BCUT2D eigenvalue weighted by atomic mass is 35.5. The van der Waals surface area contributed by atoms with E-state index in [1.54, 1.807) is 6.07 Å². The quantitative estimate of drug-likeness (QED) is 0.610. The second-order valence-corrected chi connectivity index (χ2v) is 4.99. The van der Waals surface area contributed by atoms with Gasteiger partial charge in [-0.15, -0.1) is 0 Å². The van der Waals surface area contributed by atoms with Crippen molar-refractivity contribution in [1.82, 2.24) is 4.98 Å². The van der Waals surface area contributed by atoms with Crippen LogP contribution in [0.15, 0.2) is 35.6 Å². The molecular weight excluding hydrogens is 351 g/mol. The highest BCUT2D eigenvalue weighted by Gasteiger charge is 2.10. The van der Waals surface area contributed by atoms with E-state index in [0.717, 1.165) is 0 Å². The maximum atomic E-state index is 12.4. The van der Waals surface area contributed by atoms with E-state index in [4.69, 9.17) is 27.9 Å². The number of benzene rings is 1. The molecule has 0 aliphatic rings. The van der Waals surface area contributed by atoms with E-state index < -0.39 is 6.61 Å². The van der Waals surface area contributed by atoms with E-state index in [0.29, 0.717) is 21.4 Å². The Morgan fingerprint density at radius 2 is 2.04 bits per heavy atom. The fraction of sp³-hybridized carbons (Fsp3) is 0.143. The summed E-state index contributed by atoms with van der Waals surface area (Å²) in [4.78, 5) is 3.96. The third-order valence-corrected chi connectivity index (χ3v) is 3.09. The van der Waals surface area contributed by atoms with Crippen molar-refractivity contribution in [3.8, 4) is 11.5 Å². The Balaban J connectivity index is 2.12. The van der Waals surface area contributed by atoms with E-state index in [1.165, 1.54) is 37.7 Å². The first-order valence-corrected chi connectivity index (χ1v) is 6.98. The van der Waals surface area contributed by atoms with Gasteiger partial charge >= 0.3 is 6.61 Å². The van der Waals surface area contributed by atoms with Gasteiger partial charge in [-0.05, 0) is 29.8 Å². The fourth-order valence-corrected chi connectivity index (χ4v) is 2.05. The summed E-state index contributed by atoms with van der Waals surface area (Å²) >= 11 is 11.7. The molecule has 5 nitrogen and oxygen atoms in total. The van der Waals surface area contributed by atoms with Crippen molar-refractivity contribution >= 4 is 35.2 Å². The first kappa shape index (κ1) is 17.2. The number of halogens is 4. The molecule has 0 aliphatic heterocycles. The van der Waals surface area contributed by atoms with Crippen LogP contribution in [0.3, 0.4) is 0 Å². The number of nitrogens with zero attached hydrogens (tertiary/aromatic N) is 2. The minimum absolute atomic E-state index is 0.0888. The number of hydrogen-bond donors (Lipinski definition) is 1.